The molecule has 0 amide bonds. The summed E-state index contributed by atoms with van der Waals surface area (Å²) in [5.74, 6) is 0.438. The zero-order valence-corrected chi connectivity index (χ0v) is 10.1. The van der Waals surface area contributed by atoms with Gasteiger partial charge in [0.05, 0.1) is 19.6 Å². The Morgan fingerprint density at radius 1 is 1.56 bits per heavy atom. The number of imidazole rings is 1. The molecule has 7 heteroatoms. The van der Waals surface area contributed by atoms with Gasteiger partial charge in [-0.25, -0.2) is 4.98 Å². The molecule has 7 nitrogen and oxygen atoms in total. The number of rotatable bonds is 3. The Bertz CT molecular complexity index is 597. The minimum absolute atomic E-state index is 0.317. The quantitative estimate of drug-likeness (QED) is 0.742. The van der Waals surface area contributed by atoms with E-state index in [-0.39, 0.29) is 5.97 Å². The van der Waals surface area contributed by atoms with Gasteiger partial charge in [0.1, 0.15) is 11.1 Å². The van der Waals surface area contributed by atoms with Gasteiger partial charge in [-0.1, -0.05) is 5.16 Å². The van der Waals surface area contributed by atoms with Gasteiger partial charge in [0.2, 0.25) is 11.7 Å². The zero-order chi connectivity index (χ0) is 12.8. The van der Waals surface area contributed by atoms with Crippen LogP contribution in [0.1, 0.15) is 18.7 Å². The zero-order valence-electron chi connectivity index (χ0n) is 10.1. The first-order valence-electron chi connectivity index (χ1n) is 5.57. The van der Waals surface area contributed by atoms with Gasteiger partial charge in [0.15, 0.2) is 0 Å². The second-order valence-electron chi connectivity index (χ2n) is 4.39. The molecule has 94 valence electrons. The van der Waals surface area contributed by atoms with Gasteiger partial charge in [-0.3, -0.25) is 4.79 Å². The van der Waals surface area contributed by atoms with E-state index in [4.69, 9.17) is 9.26 Å². The van der Waals surface area contributed by atoms with Gasteiger partial charge in [-0.05, 0) is 12.8 Å². The molecule has 1 saturated carbocycles. The van der Waals surface area contributed by atoms with Crippen LogP contribution >= 0.6 is 0 Å². The van der Waals surface area contributed by atoms with Gasteiger partial charge in [0, 0.05) is 7.05 Å². The van der Waals surface area contributed by atoms with Crippen molar-refractivity contribution in [2.75, 3.05) is 7.11 Å². The minimum Gasteiger partial charge on any atom is -0.468 e. The predicted octanol–water partition coefficient (Wildman–Crippen LogP) is 0.675. The second kappa shape index (κ2) is 3.66. The van der Waals surface area contributed by atoms with Crippen molar-refractivity contribution < 1.29 is 14.1 Å². The summed E-state index contributed by atoms with van der Waals surface area (Å²) in [6.45, 7) is 0. The Morgan fingerprint density at radius 3 is 2.89 bits per heavy atom. The minimum atomic E-state index is -0.724. The number of carbonyl (C=O) groups excluding carboxylic acids is 1. The summed E-state index contributed by atoms with van der Waals surface area (Å²) >= 11 is 0. The summed E-state index contributed by atoms with van der Waals surface area (Å²) in [7, 11) is 3.20. The van der Waals surface area contributed by atoms with Crippen molar-refractivity contribution in [2.24, 2.45) is 7.05 Å². The van der Waals surface area contributed by atoms with Crippen LogP contribution in [0.25, 0.3) is 11.5 Å². The number of aromatic nitrogens is 4. The first-order chi connectivity index (χ1) is 8.67. The largest absolute Gasteiger partial charge is 0.468 e. The van der Waals surface area contributed by atoms with E-state index in [0.717, 1.165) is 5.69 Å². The Labute approximate surface area is 103 Å². The molecular weight excluding hydrogens is 236 g/mol. The molecule has 0 aliphatic heterocycles. The lowest BCUT2D eigenvalue weighted by Crippen LogP contribution is -2.22. The van der Waals surface area contributed by atoms with Crippen molar-refractivity contribution >= 4 is 5.97 Å². The Kier molecular flexibility index (Phi) is 2.22. The molecule has 3 rings (SSSR count). The molecule has 18 heavy (non-hydrogen) atoms. The number of methoxy groups -OCH3 is 1. The molecule has 0 radical (unpaired) electrons. The number of aryl methyl sites for hydroxylation is 1. The van der Waals surface area contributed by atoms with Crippen LogP contribution in [-0.2, 0) is 22.0 Å². The van der Waals surface area contributed by atoms with E-state index in [2.05, 4.69) is 15.1 Å². The lowest BCUT2D eigenvalue weighted by atomic mass is 10.1. The highest BCUT2D eigenvalue weighted by Crippen LogP contribution is 2.48. The number of ether oxygens (including phenoxy) is 1. The van der Waals surface area contributed by atoms with E-state index in [9.17, 15) is 4.79 Å². The molecule has 1 aliphatic carbocycles. The highest BCUT2D eigenvalue weighted by molar-refractivity contribution is 5.85. The Morgan fingerprint density at radius 2 is 2.33 bits per heavy atom. The summed E-state index contributed by atoms with van der Waals surface area (Å²) < 4.78 is 11.7. The standard InChI is InChI=1S/C11H12N4O3/c1-15-6-12-5-7(15)8-13-9(18-14-8)11(3-4-11)10(16)17-2/h5-6H,3-4H2,1-2H3. The van der Waals surface area contributed by atoms with Gasteiger partial charge < -0.3 is 13.8 Å². The van der Waals surface area contributed by atoms with Crippen molar-refractivity contribution in [3.05, 3.63) is 18.4 Å². The van der Waals surface area contributed by atoms with Crippen molar-refractivity contribution in [2.45, 2.75) is 18.3 Å². The monoisotopic (exact) mass is 248 g/mol. The predicted molar refractivity (Wildman–Crippen MR) is 59.4 cm³/mol. The molecule has 0 aromatic carbocycles. The van der Waals surface area contributed by atoms with Crippen molar-refractivity contribution in [3.63, 3.8) is 0 Å². The summed E-state index contributed by atoms with van der Waals surface area (Å²) in [5.41, 5.74) is 0.0177. The molecule has 2 aromatic heterocycles. The van der Waals surface area contributed by atoms with Crippen LogP contribution in [0.5, 0.6) is 0 Å². The smallest absolute Gasteiger partial charge is 0.321 e. The van der Waals surface area contributed by atoms with Crippen LogP contribution in [0.4, 0.5) is 0 Å². The normalized spacial score (nSPS) is 16.6. The van der Waals surface area contributed by atoms with Crippen molar-refractivity contribution in [3.8, 4) is 11.5 Å². The molecule has 2 aromatic rings. The second-order valence-corrected chi connectivity index (χ2v) is 4.39. The molecule has 1 aliphatic rings. The first-order valence-corrected chi connectivity index (χ1v) is 5.57. The molecule has 0 unspecified atom stereocenters. The number of hydrogen-bond donors (Lipinski definition) is 0. The molecule has 0 saturated heterocycles. The molecule has 2 heterocycles. The summed E-state index contributed by atoms with van der Waals surface area (Å²) in [6.07, 6.45) is 4.67. The highest BCUT2D eigenvalue weighted by atomic mass is 16.5. The lowest BCUT2D eigenvalue weighted by molar-refractivity contribution is -0.144. The van der Waals surface area contributed by atoms with E-state index in [0.29, 0.717) is 24.6 Å². The molecule has 1 fully saturated rings. The Hall–Kier alpha value is -2.18. The summed E-state index contributed by atoms with van der Waals surface area (Å²) in [5, 5.41) is 3.89. The molecule has 0 spiro atoms. The third-order valence-electron chi connectivity index (χ3n) is 3.21. The first kappa shape index (κ1) is 10.9. The highest BCUT2D eigenvalue weighted by Gasteiger charge is 2.57. The molecular formula is C11H12N4O3. The van der Waals surface area contributed by atoms with Gasteiger partial charge in [-0.2, -0.15) is 4.98 Å². The summed E-state index contributed by atoms with van der Waals surface area (Å²) in [6, 6.07) is 0. The summed E-state index contributed by atoms with van der Waals surface area (Å²) in [4.78, 5) is 20.0. The van der Waals surface area contributed by atoms with Crippen LogP contribution in [-0.4, -0.2) is 32.8 Å². The fraction of sp³-hybridized carbons (Fsp3) is 0.455. The number of esters is 1. The van der Waals surface area contributed by atoms with Crippen LogP contribution < -0.4 is 0 Å². The third-order valence-corrected chi connectivity index (χ3v) is 3.21. The third kappa shape index (κ3) is 1.43. The van der Waals surface area contributed by atoms with Crippen LogP contribution in [0.3, 0.4) is 0 Å². The molecule has 0 atom stereocenters. The van der Waals surface area contributed by atoms with E-state index in [1.54, 1.807) is 17.1 Å². The molecule has 0 bridgehead atoms. The van der Waals surface area contributed by atoms with Crippen molar-refractivity contribution in [1.82, 2.24) is 19.7 Å². The van der Waals surface area contributed by atoms with Crippen LogP contribution in [0.2, 0.25) is 0 Å². The number of hydrogen-bond acceptors (Lipinski definition) is 6. The van der Waals surface area contributed by atoms with E-state index >= 15 is 0 Å². The maximum Gasteiger partial charge on any atom is 0.321 e. The van der Waals surface area contributed by atoms with Crippen LogP contribution in [0, 0.1) is 0 Å². The number of carbonyl (C=O) groups is 1. The van der Waals surface area contributed by atoms with E-state index in [1.165, 1.54) is 7.11 Å². The SMILES string of the molecule is COC(=O)C1(c2nc(-c3cncn3C)no2)CC1. The Balaban J connectivity index is 1.96. The topological polar surface area (TPSA) is 83.0 Å². The lowest BCUT2D eigenvalue weighted by Gasteiger charge is -2.05. The van der Waals surface area contributed by atoms with Gasteiger partial charge in [-0.15, -0.1) is 0 Å². The number of nitrogens with zero attached hydrogens (tertiary/aromatic N) is 4. The molecule has 0 N–H and O–H groups in total. The van der Waals surface area contributed by atoms with Gasteiger partial charge >= 0.3 is 5.97 Å². The maximum atomic E-state index is 11.7. The van der Waals surface area contributed by atoms with E-state index in [1.807, 2.05) is 7.05 Å². The van der Waals surface area contributed by atoms with E-state index < -0.39 is 5.41 Å². The maximum absolute atomic E-state index is 11.7. The average Bonchev–Trinajstić information content (AvgIpc) is 2.83. The van der Waals surface area contributed by atoms with Crippen LogP contribution in [0.15, 0.2) is 17.0 Å². The fourth-order valence-electron chi connectivity index (χ4n) is 1.92. The fourth-order valence-corrected chi connectivity index (χ4v) is 1.92. The van der Waals surface area contributed by atoms with Crippen molar-refractivity contribution in [1.29, 1.82) is 0 Å². The van der Waals surface area contributed by atoms with Gasteiger partial charge in [0.25, 0.3) is 0 Å². The average molecular weight is 248 g/mol.